The SMILES string of the molecule is CO[C@H]1O[C@@H]2COC(c3ccccc3)O[C@H]2C[C@H]1OC(=S)c1ccccc1. The molecule has 0 saturated carbocycles. The Kier molecular flexibility index (Phi) is 5.80. The molecule has 0 N–H and O–H groups in total. The van der Waals surface area contributed by atoms with Crippen molar-refractivity contribution in [3.8, 4) is 0 Å². The van der Waals surface area contributed by atoms with Crippen molar-refractivity contribution in [3.63, 3.8) is 0 Å². The van der Waals surface area contributed by atoms with Crippen LogP contribution in [0.3, 0.4) is 0 Å². The quantitative estimate of drug-likeness (QED) is 0.748. The first-order valence-corrected chi connectivity index (χ1v) is 9.41. The summed E-state index contributed by atoms with van der Waals surface area (Å²) in [4.78, 5) is 0. The first-order chi connectivity index (χ1) is 13.2. The Balaban J connectivity index is 1.45. The van der Waals surface area contributed by atoms with Crippen LogP contribution in [0.1, 0.15) is 23.8 Å². The molecule has 5 atom stereocenters. The molecule has 2 aliphatic rings. The highest BCUT2D eigenvalue weighted by Gasteiger charge is 2.44. The van der Waals surface area contributed by atoms with Crippen LogP contribution in [-0.4, -0.2) is 43.4 Å². The molecular formula is C21H22O5S. The highest BCUT2D eigenvalue weighted by atomic mass is 32.1. The number of thiocarbonyl (C=S) groups is 1. The van der Waals surface area contributed by atoms with Crippen LogP contribution < -0.4 is 0 Å². The molecule has 5 nitrogen and oxygen atoms in total. The Bertz CT molecular complexity index is 754. The van der Waals surface area contributed by atoms with Crippen molar-refractivity contribution in [2.24, 2.45) is 0 Å². The van der Waals surface area contributed by atoms with Crippen LogP contribution in [0.5, 0.6) is 0 Å². The Labute approximate surface area is 164 Å². The maximum Gasteiger partial charge on any atom is 0.195 e. The van der Waals surface area contributed by atoms with Gasteiger partial charge in [-0.15, -0.1) is 0 Å². The van der Waals surface area contributed by atoms with Gasteiger partial charge in [-0.3, -0.25) is 0 Å². The first kappa shape index (κ1) is 18.5. The molecule has 0 bridgehead atoms. The molecular weight excluding hydrogens is 364 g/mol. The Morgan fingerprint density at radius 3 is 2.37 bits per heavy atom. The minimum Gasteiger partial charge on any atom is -0.474 e. The second-order valence-corrected chi connectivity index (χ2v) is 6.95. The first-order valence-electron chi connectivity index (χ1n) is 9.01. The average molecular weight is 386 g/mol. The van der Waals surface area contributed by atoms with Gasteiger partial charge in [-0.25, -0.2) is 0 Å². The number of hydrogen-bond donors (Lipinski definition) is 0. The fourth-order valence-corrected chi connectivity index (χ4v) is 3.64. The van der Waals surface area contributed by atoms with E-state index < -0.39 is 12.6 Å². The summed E-state index contributed by atoms with van der Waals surface area (Å²) in [5.41, 5.74) is 1.85. The summed E-state index contributed by atoms with van der Waals surface area (Å²) in [7, 11) is 1.60. The molecule has 6 heteroatoms. The molecule has 0 aliphatic carbocycles. The topological polar surface area (TPSA) is 46.2 Å². The van der Waals surface area contributed by atoms with Crippen molar-refractivity contribution in [2.45, 2.75) is 37.3 Å². The zero-order valence-electron chi connectivity index (χ0n) is 15.0. The van der Waals surface area contributed by atoms with Crippen molar-refractivity contribution >= 4 is 17.3 Å². The highest BCUT2D eigenvalue weighted by Crippen LogP contribution is 2.35. The molecule has 0 spiro atoms. The van der Waals surface area contributed by atoms with E-state index in [1.807, 2.05) is 60.7 Å². The van der Waals surface area contributed by atoms with Crippen LogP contribution in [0, 0.1) is 0 Å². The average Bonchev–Trinajstić information content (AvgIpc) is 2.74. The molecule has 0 amide bonds. The van der Waals surface area contributed by atoms with Gasteiger partial charge in [-0.2, -0.15) is 0 Å². The van der Waals surface area contributed by atoms with Crippen LogP contribution in [0.15, 0.2) is 60.7 Å². The monoisotopic (exact) mass is 386 g/mol. The van der Waals surface area contributed by atoms with E-state index in [0.29, 0.717) is 18.1 Å². The van der Waals surface area contributed by atoms with Crippen molar-refractivity contribution in [1.29, 1.82) is 0 Å². The number of rotatable bonds is 4. The molecule has 2 aromatic carbocycles. The number of hydrogen-bond acceptors (Lipinski definition) is 6. The highest BCUT2D eigenvalue weighted by molar-refractivity contribution is 7.80. The van der Waals surface area contributed by atoms with Gasteiger partial charge in [0.05, 0.1) is 12.7 Å². The van der Waals surface area contributed by atoms with E-state index in [9.17, 15) is 0 Å². The summed E-state index contributed by atoms with van der Waals surface area (Å²) >= 11 is 5.45. The van der Waals surface area contributed by atoms with Crippen molar-refractivity contribution in [3.05, 3.63) is 71.8 Å². The number of ether oxygens (including phenoxy) is 5. The third kappa shape index (κ3) is 4.20. The minimum absolute atomic E-state index is 0.154. The van der Waals surface area contributed by atoms with Crippen LogP contribution in [0.2, 0.25) is 0 Å². The van der Waals surface area contributed by atoms with Crippen LogP contribution in [0.4, 0.5) is 0 Å². The molecule has 27 heavy (non-hydrogen) atoms. The number of methoxy groups -OCH3 is 1. The van der Waals surface area contributed by atoms with Gasteiger partial charge in [0.15, 0.2) is 23.7 Å². The summed E-state index contributed by atoms with van der Waals surface area (Å²) < 4.78 is 29.5. The van der Waals surface area contributed by atoms with Crippen molar-refractivity contribution < 1.29 is 23.7 Å². The third-order valence-electron chi connectivity index (χ3n) is 4.77. The molecule has 2 fully saturated rings. The number of benzene rings is 2. The third-order valence-corrected chi connectivity index (χ3v) is 5.11. The van der Waals surface area contributed by atoms with Gasteiger partial charge in [0.25, 0.3) is 0 Å². The normalized spacial score (nSPS) is 30.3. The van der Waals surface area contributed by atoms with Crippen LogP contribution >= 0.6 is 12.2 Å². The minimum atomic E-state index is -0.520. The lowest BCUT2D eigenvalue weighted by Gasteiger charge is -2.44. The lowest BCUT2D eigenvalue weighted by molar-refractivity contribution is -0.331. The van der Waals surface area contributed by atoms with E-state index in [1.54, 1.807) is 7.11 Å². The van der Waals surface area contributed by atoms with E-state index >= 15 is 0 Å². The molecule has 2 saturated heterocycles. The lowest BCUT2D eigenvalue weighted by Crippen LogP contribution is -2.54. The summed E-state index contributed by atoms with van der Waals surface area (Å²) in [5.74, 6) is 0. The van der Waals surface area contributed by atoms with Crippen LogP contribution in [0.25, 0.3) is 0 Å². The Hall–Kier alpha value is -1.83. The molecule has 4 rings (SSSR count). The summed E-state index contributed by atoms with van der Waals surface area (Å²) in [6, 6.07) is 19.5. The fraction of sp³-hybridized carbons (Fsp3) is 0.381. The fourth-order valence-electron chi connectivity index (χ4n) is 3.39. The smallest absolute Gasteiger partial charge is 0.195 e. The second-order valence-electron chi connectivity index (χ2n) is 6.57. The van der Waals surface area contributed by atoms with Gasteiger partial charge in [0.2, 0.25) is 0 Å². The maximum atomic E-state index is 6.16. The zero-order valence-corrected chi connectivity index (χ0v) is 15.8. The predicted octanol–water partition coefficient (Wildman–Crippen LogP) is 3.62. The molecule has 2 aliphatic heterocycles. The van der Waals surface area contributed by atoms with E-state index in [0.717, 1.165) is 11.1 Å². The largest absolute Gasteiger partial charge is 0.474 e. The maximum absolute atomic E-state index is 6.16. The van der Waals surface area contributed by atoms with Crippen LogP contribution in [-0.2, 0) is 23.7 Å². The van der Waals surface area contributed by atoms with Gasteiger partial charge in [0.1, 0.15) is 6.10 Å². The Morgan fingerprint density at radius 2 is 1.67 bits per heavy atom. The molecule has 0 aromatic heterocycles. The van der Waals surface area contributed by atoms with Gasteiger partial charge >= 0.3 is 0 Å². The zero-order chi connectivity index (χ0) is 18.6. The van der Waals surface area contributed by atoms with Crippen molar-refractivity contribution in [1.82, 2.24) is 0 Å². The number of fused-ring (bicyclic) bond motifs is 1. The molecule has 1 unspecified atom stereocenters. The second kappa shape index (κ2) is 8.46. The summed E-state index contributed by atoms with van der Waals surface area (Å²) in [6.45, 7) is 0.444. The van der Waals surface area contributed by atoms with E-state index in [4.69, 9.17) is 35.9 Å². The lowest BCUT2D eigenvalue weighted by atomic mass is 10.0. The predicted molar refractivity (Wildman–Crippen MR) is 103 cm³/mol. The van der Waals surface area contributed by atoms with Crippen molar-refractivity contribution in [2.75, 3.05) is 13.7 Å². The summed E-state index contributed by atoms with van der Waals surface area (Å²) in [5, 5.41) is 0.427. The van der Waals surface area contributed by atoms with Gasteiger partial charge in [-0.05, 0) is 12.2 Å². The van der Waals surface area contributed by atoms with E-state index in [1.165, 1.54) is 0 Å². The standard InChI is InChI=1S/C21H22O5S/c1-22-20-17(26-21(27)15-10-6-3-7-11-15)12-16-18(25-20)13-23-19(24-16)14-8-4-2-5-9-14/h2-11,16-20H,12-13H2,1H3/t16-,17+,18+,19?,20-/m0/s1. The van der Waals surface area contributed by atoms with E-state index in [2.05, 4.69) is 0 Å². The van der Waals surface area contributed by atoms with E-state index in [-0.39, 0.29) is 18.3 Å². The molecule has 142 valence electrons. The molecule has 0 radical (unpaired) electrons. The molecule has 2 heterocycles. The Morgan fingerprint density at radius 1 is 0.963 bits per heavy atom. The van der Waals surface area contributed by atoms with Gasteiger partial charge < -0.3 is 23.7 Å². The summed E-state index contributed by atoms with van der Waals surface area (Å²) in [6.07, 6.45) is -1.01. The van der Waals surface area contributed by atoms with Gasteiger partial charge in [0, 0.05) is 24.7 Å². The molecule has 2 aromatic rings. The van der Waals surface area contributed by atoms with Gasteiger partial charge in [-0.1, -0.05) is 60.7 Å².